The smallest absolute Gasteiger partial charge is 0.329 e. The second-order valence-electron chi connectivity index (χ2n) is 6.12. The number of hydrazone groups is 1. The molecule has 3 rings (SSSR count). The number of nitro groups is 1. The van der Waals surface area contributed by atoms with E-state index in [2.05, 4.69) is 15.8 Å². The predicted octanol–water partition coefficient (Wildman–Crippen LogP) is 3.91. The summed E-state index contributed by atoms with van der Waals surface area (Å²) in [5, 5.41) is 17.4. The number of aryl methyl sites for hydroxylation is 1. The molecule has 0 saturated carbocycles. The van der Waals surface area contributed by atoms with Crippen LogP contribution in [0.5, 0.6) is 0 Å². The summed E-state index contributed by atoms with van der Waals surface area (Å²) >= 11 is 5.76. The van der Waals surface area contributed by atoms with Gasteiger partial charge in [0.15, 0.2) is 0 Å². The molecule has 2 aromatic carbocycles. The summed E-state index contributed by atoms with van der Waals surface area (Å²) in [6.07, 6.45) is 1.23. The van der Waals surface area contributed by atoms with Crippen LogP contribution in [0.4, 0.5) is 11.4 Å². The Morgan fingerprint density at radius 1 is 1.10 bits per heavy atom. The number of nitro benzene ring substituents is 1. The lowest BCUT2D eigenvalue weighted by atomic mass is 10.1. The van der Waals surface area contributed by atoms with E-state index in [1.165, 1.54) is 18.3 Å². The molecule has 0 aliphatic carbocycles. The largest absolute Gasteiger partial charge is 0.455 e. The van der Waals surface area contributed by atoms with Gasteiger partial charge in [0.25, 0.3) is 5.69 Å². The first kappa shape index (κ1) is 20.7. The maximum absolute atomic E-state index is 11.8. The fraction of sp³-hybridized carbons (Fsp3) is 0.0500. The maximum Gasteiger partial charge on any atom is 0.329 e. The molecule has 2 N–H and O–H groups in total. The van der Waals surface area contributed by atoms with Gasteiger partial charge in [-0.1, -0.05) is 11.6 Å². The van der Waals surface area contributed by atoms with Gasteiger partial charge in [-0.25, -0.2) is 5.43 Å². The van der Waals surface area contributed by atoms with E-state index < -0.39 is 16.7 Å². The monoisotopic (exact) mass is 426 g/mol. The number of hydrogen-bond donors (Lipinski definition) is 2. The Hall–Kier alpha value is -3.98. The van der Waals surface area contributed by atoms with Crippen molar-refractivity contribution in [1.29, 1.82) is 0 Å². The molecule has 0 fully saturated rings. The highest BCUT2D eigenvalue weighted by atomic mass is 35.5. The number of nitrogens with zero attached hydrogens (tertiary/aromatic N) is 2. The van der Waals surface area contributed by atoms with Crippen LogP contribution in [0.1, 0.15) is 11.3 Å². The third-order valence-corrected chi connectivity index (χ3v) is 4.23. The molecule has 30 heavy (non-hydrogen) atoms. The van der Waals surface area contributed by atoms with Crippen LogP contribution in [-0.4, -0.2) is 23.0 Å². The van der Waals surface area contributed by atoms with E-state index in [0.29, 0.717) is 33.4 Å². The average Bonchev–Trinajstić information content (AvgIpc) is 3.18. The highest BCUT2D eigenvalue weighted by Crippen LogP contribution is 2.28. The van der Waals surface area contributed by atoms with Gasteiger partial charge < -0.3 is 9.73 Å². The summed E-state index contributed by atoms with van der Waals surface area (Å²) in [7, 11) is 0. The summed E-state index contributed by atoms with van der Waals surface area (Å²) in [6.45, 7) is 1.73. The second kappa shape index (κ2) is 9.01. The Morgan fingerprint density at radius 3 is 2.50 bits per heavy atom. The number of anilines is 1. The quantitative estimate of drug-likeness (QED) is 0.277. The van der Waals surface area contributed by atoms with Crippen molar-refractivity contribution in [2.45, 2.75) is 6.92 Å². The fourth-order valence-electron chi connectivity index (χ4n) is 2.53. The highest BCUT2D eigenvalue weighted by Gasteiger charge is 2.14. The molecule has 0 unspecified atom stereocenters. The lowest BCUT2D eigenvalue weighted by Gasteiger charge is -2.03. The van der Waals surface area contributed by atoms with Crippen LogP contribution in [-0.2, 0) is 9.59 Å². The standard InChI is InChI=1S/C20H15ClN4O5/c1-12-10-15(25(28)29)6-8-17(12)18-9-7-16(30-18)11-22-24-20(27)19(26)23-14-4-2-13(21)3-5-14/h2-11H,1H3,(H,23,26)(H,24,27)/b22-11+. The first-order valence-corrected chi connectivity index (χ1v) is 8.96. The van der Waals surface area contributed by atoms with Gasteiger partial charge in [0.2, 0.25) is 0 Å². The number of halogens is 1. The van der Waals surface area contributed by atoms with Gasteiger partial charge in [-0.2, -0.15) is 5.10 Å². The van der Waals surface area contributed by atoms with Crippen LogP contribution in [0.15, 0.2) is 64.1 Å². The zero-order valence-electron chi connectivity index (χ0n) is 15.6. The topological polar surface area (TPSA) is 127 Å². The van der Waals surface area contributed by atoms with E-state index in [0.717, 1.165) is 0 Å². The molecule has 0 aliphatic rings. The summed E-state index contributed by atoms with van der Waals surface area (Å²) in [5.74, 6) is -1.05. The second-order valence-corrected chi connectivity index (χ2v) is 6.55. The average molecular weight is 427 g/mol. The van der Waals surface area contributed by atoms with Gasteiger partial charge in [-0.3, -0.25) is 19.7 Å². The molecule has 0 bridgehead atoms. The minimum absolute atomic E-state index is 0.0100. The van der Waals surface area contributed by atoms with Crippen LogP contribution in [0.25, 0.3) is 11.3 Å². The molecule has 10 heteroatoms. The molecule has 0 spiro atoms. The summed E-state index contributed by atoms with van der Waals surface area (Å²) < 4.78 is 5.62. The van der Waals surface area contributed by atoms with Crippen molar-refractivity contribution in [1.82, 2.24) is 5.43 Å². The van der Waals surface area contributed by atoms with Crippen molar-refractivity contribution < 1.29 is 18.9 Å². The van der Waals surface area contributed by atoms with E-state index >= 15 is 0 Å². The lowest BCUT2D eigenvalue weighted by Crippen LogP contribution is -2.32. The van der Waals surface area contributed by atoms with Crippen LogP contribution < -0.4 is 10.7 Å². The number of furan rings is 1. The molecule has 2 amide bonds. The Morgan fingerprint density at radius 2 is 1.83 bits per heavy atom. The van der Waals surface area contributed by atoms with Gasteiger partial charge in [-0.15, -0.1) is 0 Å². The van der Waals surface area contributed by atoms with E-state index in [1.54, 1.807) is 49.4 Å². The Bertz CT molecular complexity index is 1140. The normalized spacial score (nSPS) is 10.7. The van der Waals surface area contributed by atoms with E-state index in [4.69, 9.17) is 16.0 Å². The lowest BCUT2D eigenvalue weighted by molar-refractivity contribution is -0.384. The van der Waals surface area contributed by atoms with Crippen molar-refractivity contribution in [2.24, 2.45) is 5.10 Å². The number of carbonyl (C=O) groups is 2. The zero-order chi connectivity index (χ0) is 21.7. The van der Waals surface area contributed by atoms with Crippen molar-refractivity contribution in [2.75, 3.05) is 5.32 Å². The molecule has 1 aromatic heterocycles. The van der Waals surface area contributed by atoms with Crippen molar-refractivity contribution in [3.05, 3.63) is 81.1 Å². The first-order chi connectivity index (χ1) is 14.3. The van der Waals surface area contributed by atoms with Gasteiger partial charge in [0, 0.05) is 28.4 Å². The number of benzene rings is 2. The minimum Gasteiger partial charge on any atom is -0.455 e. The molecule has 0 saturated heterocycles. The molecule has 0 radical (unpaired) electrons. The summed E-state index contributed by atoms with van der Waals surface area (Å²) in [6, 6.07) is 14.0. The number of carbonyl (C=O) groups excluding carboxylic acids is 2. The van der Waals surface area contributed by atoms with Gasteiger partial charge in [-0.05, 0) is 55.0 Å². The van der Waals surface area contributed by atoms with Crippen molar-refractivity contribution >= 4 is 41.0 Å². The molecule has 9 nitrogen and oxygen atoms in total. The molecule has 1 heterocycles. The fourth-order valence-corrected chi connectivity index (χ4v) is 2.66. The molecule has 0 aliphatic heterocycles. The van der Waals surface area contributed by atoms with Crippen LogP contribution in [0, 0.1) is 17.0 Å². The van der Waals surface area contributed by atoms with Crippen LogP contribution in [0.3, 0.4) is 0 Å². The van der Waals surface area contributed by atoms with Crippen LogP contribution in [0.2, 0.25) is 5.02 Å². The van der Waals surface area contributed by atoms with Gasteiger partial charge in [0.05, 0.1) is 11.1 Å². The maximum atomic E-state index is 11.8. The number of nitrogens with one attached hydrogen (secondary N) is 2. The zero-order valence-corrected chi connectivity index (χ0v) is 16.3. The summed E-state index contributed by atoms with van der Waals surface area (Å²) in [5.41, 5.74) is 3.87. The number of non-ortho nitro benzene ring substituents is 1. The third kappa shape index (κ3) is 5.09. The number of hydrogen-bond acceptors (Lipinski definition) is 6. The molecule has 152 valence electrons. The van der Waals surface area contributed by atoms with Crippen molar-refractivity contribution in [3.63, 3.8) is 0 Å². The van der Waals surface area contributed by atoms with E-state index in [1.807, 2.05) is 0 Å². The SMILES string of the molecule is Cc1cc([N+](=O)[O-])ccc1-c1ccc(/C=N/NC(=O)C(=O)Nc2ccc(Cl)cc2)o1. The minimum atomic E-state index is -0.959. The van der Waals surface area contributed by atoms with Crippen molar-refractivity contribution in [3.8, 4) is 11.3 Å². The molecular weight excluding hydrogens is 412 g/mol. The van der Waals surface area contributed by atoms with Gasteiger partial charge >= 0.3 is 11.8 Å². The predicted molar refractivity (Wildman–Crippen MR) is 111 cm³/mol. The molecule has 3 aromatic rings. The van der Waals surface area contributed by atoms with Gasteiger partial charge in [0.1, 0.15) is 11.5 Å². The first-order valence-electron chi connectivity index (χ1n) is 8.58. The Kier molecular flexibility index (Phi) is 6.23. The highest BCUT2D eigenvalue weighted by molar-refractivity contribution is 6.39. The molecular formula is C20H15ClN4O5. The Balaban J connectivity index is 1.60. The van der Waals surface area contributed by atoms with E-state index in [-0.39, 0.29) is 5.69 Å². The Labute approximate surface area is 175 Å². The molecule has 0 atom stereocenters. The number of rotatable bonds is 5. The van der Waals surface area contributed by atoms with Crippen LogP contribution >= 0.6 is 11.6 Å². The van der Waals surface area contributed by atoms with E-state index in [9.17, 15) is 19.7 Å². The summed E-state index contributed by atoms with van der Waals surface area (Å²) in [4.78, 5) is 34.0. The third-order valence-electron chi connectivity index (χ3n) is 3.98. The number of amides is 2.